The van der Waals surface area contributed by atoms with Gasteiger partial charge in [0.15, 0.2) is 0 Å². The van der Waals surface area contributed by atoms with Crippen molar-refractivity contribution in [3.8, 4) is 0 Å². The molecule has 21 heavy (non-hydrogen) atoms. The Hall–Kier alpha value is -1.13. The molecule has 0 N–H and O–H groups in total. The third-order valence-corrected chi connectivity index (χ3v) is 3.88. The average Bonchev–Trinajstić information content (AvgIpc) is 2.46. The number of hydrogen-bond donors (Lipinski definition) is 0. The van der Waals surface area contributed by atoms with Gasteiger partial charge in [-0.2, -0.15) is 0 Å². The Bertz CT molecular complexity index is 498. The van der Waals surface area contributed by atoms with E-state index in [0.717, 1.165) is 40.6 Å². The van der Waals surface area contributed by atoms with Gasteiger partial charge in [0.2, 0.25) is 0 Å². The van der Waals surface area contributed by atoms with Crippen molar-refractivity contribution in [2.45, 2.75) is 26.2 Å². The second kappa shape index (κ2) is 9.74. The number of hydrogen-bond acceptors (Lipinski definition) is 2. The molecule has 0 aliphatic carbocycles. The molecule has 0 radical (unpaired) electrons. The van der Waals surface area contributed by atoms with Crippen LogP contribution >= 0.6 is 15.9 Å². The zero-order chi connectivity index (χ0) is 15.7. The lowest BCUT2D eigenvalue weighted by molar-refractivity contribution is 0.157. The molecule has 0 atom stereocenters. The van der Waals surface area contributed by atoms with E-state index in [1.165, 1.54) is 12.1 Å². The smallest absolute Gasteiger partial charge is 0.124 e. The second-order valence-electron chi connectivity index (χ2n) is 4.75. The Morgan fingerprint density at radius 2 is 2.14 bits per heavy atom. The van der Waals surface area contributed by atoms with Crippen molar-refractivity contribution in [1.29, 1.82) is 0 Å². The topological polar surface area (TPSA) is 18.5 Å². The van der Waals surface area contributed by atoms with Crippen LogP contribution in [-0.4, -0.2) is 20.3 Å². The average molecular weight is 357 g/mol. The summed E-state index contributed by atoms with van der Waals surface area (Å²) in [4.78, 5) is 0. The molecule has 1 aromatic rings. The summed E-state index contributed by atoms with van der Waals surface area (Å²) in [6.07, 6.45) is 4.40. The standard InChI is InChI=1S/C17H22BrFO2/c1-4-16(20-3)8-5-13(2)12-21-10-9-14-6-7-15(19)11-17(14)18/h4,6-7,11H,2,5,8-10,12H2,1,3H3/b16-4+. The van der Waals surface area contributed by atoms with E-state index < -0.39 is 0 Å². The summed E-state index contributed by atoms with van der Waals surface area (Å²) in [6, 6.07) is 4.70. The summed E-state index contributed by atoms with van der Waals surface area (Å²) >= 11 is 3.35. The Labute approximate surface area is 134 Å². The summed E-state index contributed by atoms with van der Waals surface area (Å²) < 4.78 is 24.6. The van der Waals surface area contributed by atoms with Crippen LogP contribution in [0.25, 0.3) is 0 Å². The molecule has 0 aromatic heterocycles. The highest BCUT2D eigenvalue weighted by atomic mass is 79.9. The van der Waals surface area contributed by atoms with Crippen LogP contribution < -0.4 is 0 Å². The molecule has 0 unspecified atom stereocenters. The fourth-order valence-corrected chi connectivity index (χ4v) is 2.41. The van der Waals surface area contributed by atoms with Crippen molar-refractivity contribution in [3.05, 3.63) is 58.0 Å². The van der Waals surface area contributed by atoms with Gasteiger partial charge in [-0.05, 0) is 43.5 Å². The van der Waals surface area contributed by atoms with Crippen LogP contribution in [0.4, 0.5) is 4.39 Å². The molecule has 0 fully saturated rings. The van der Waals surface area contributed by atoms with Gasteiger partial charge in [0, 0.05) is 10.9 Å². The largest absolute Gasteiger partial charge is 0.501 e. The highest BCUT2D eigenvalue weighted by Gasteiger charge is 2.03. The summed E-state index contributed by atoms with van der Waals surface area (Å²) in [7, 11) is 1.68. The fraction of sp³-hybridized carbons (Fsp3) is 0.412. The van der Waals surface area contributed by atoms with Crippen LogP contribution in [0.15, 0.2) is 46.7 Å². The van der Waals surface area contributed by atoms with Crippen molar-refractivity contribution in [3.63, 3.8) is 0 Å². The van der Waals surface area contributed by atoms with Crippen molar-refractivity contribution in [2.75, 3.05) is 20.3 Å². The van der Waals surface area contributed by atoms with Gasteiger partial charge in [-0.15, -0.1) is 0 Å². The maximum Gasteiger partial charge on any atom is 0.124 e. The van der Waals surface area contributed by atoms with Crippen molar-refractivity contribution in [2.24, 2.45) is 0 Å². The number of halogens is 2. The van der Waals surface area contributed by atoms with Gasteiger partial charge in [0.05, 0.1) is 26.1 Å². The predicted octanol–water partition coefficient (Wildman–Crippen LogP) is 5.03. The molecule has 1 aromatic carbocycles. The van der Waals surface area contributed by atoms with Crippen molar-refractivity contribution < 1.29 is 13.9 Å². The van der Waals surface area contributed by atoms with Crippen LogP contribution in [0, 0.1) is 5.82 Å². The first kappa shape index (κ1) is 17.9. The normalized spacial score (nSPS) is 11.5. The van der Waals surface area contributed by atoms with E-state index in [2.05, 4.69) is 22.5 Å². The van der Waals surface area contributed by atoms with Gasteiger partial charge >= 0.3 is 0 Å². The Morgan fingerprint density at radius 3 is 2.76 bits per heavy atom. The molecule has 0 aliphatic heterocycles. The SMILES string of the molecule is C=C(CC/C(=C\C)OC)COCCc1ccc(F)cc1Br. The van der Waals surface area contributed by atoms with Crippen LogP contribution in [0.2, 0.25) is 0 Å². The highest BCUT2D eigenvalue weighted by molar-refractivity contribution is 9.10. The second-order valence-corrected chi connectivity index (χ2v) is 5.60. The lowest BCUT2D eigenvalue weighted by atomic mass is 10.1. The van der Waals surface area contributed by atoms with Crippen LogP contribution in [0.5, 0.6) is 0 Å². The number of benzene rings is 1. The van der Waals surface area contributed by atoms with E-state index in [-0.39, 0.29) is 5.82 Å². The van der Waals surface area contributed by atoms with E-state index in [1.54, 1.807) is 13.2 Å². The van der Waals surface area contributed by atoms with E-state index >= 15 is 0 Å². The van der Waals surface area contributed by atoms with Gasteiger partial charge in [0.25, 0.3) is 0 Å². The minimum absolute atomic E-state index is 0.238. The minimum Gasteiger partial charge on any atom is -0.501 e. The molecule has 2 nitrogen and oxygen atoms in total. The van der Waals surface area contributed by atoms with Crippen LogP contribution in [0.1, 0.15) is 25.3 Å². The third-order valence-electron chi connectivity index (χ3n) is 3.15. The molecule has 116 valence electrons. The van der Waals surface area contributed by atoms with Gasteiger partial charge < -0.3 is 9.47 Å². The van der Waals surface area contributed by atoms with Crippen LogP contribution in [0.3, 0.4) is 0 Å². The number of allylic oxidation sites excluding steroid dienone is 2. The third kappa shape index (κ3) is 6.91. The molecular formula is C17H22BrFO2. The maximum atomic E-state index is 13.0. The van der Waals surface area contributed by atoms with E-state index in [4.69, 9.17) is 9.47 Å². The first-order valence-electron chi connectivity index (χ1n) is 6.94. The molecular weight excluding hydrogens is 335 g/mol. The first-order chi connectivity index (χ1) is 10.1. The Balaban J connectivity index is 2.23. The molecule has 4 heteroatoms. The number of ether oxygens (including phenoxy) is 2. The van der Waals surface area contributed by atoms with Gasteiger partial charge in [-0.1, -0.05) is 34.1 Å². The van der Waals surface area contributed by atoms with E-state index in [0.29, 0.717) is 13.2 Å². The first-order valence-corrected chi connectivity index (χ1v) is 7.73. The quantitative estimate of drug-likeness (QED) is 0.350. The zero-order valence-electron chi connectivity index (χ0n) is 12.6. The van der Waals surface area contributed by atoms with Crippen LogP contribution in [-0.2, 0) is 15.9 Å². The minimum atomic E-state index is -0.238. The number of rotatable bonds is 9. The molecule has 0 spiro atoms. The predicted molar refractivity (Wildman–Crippen MR) is 87.8 cm³/mol. The Morgan fingerprint density at radius 1 is 1.38 bits per heavy atom. The maximum absolute atomic E-state index is 13.0. The van der Waals surface area contributed by atoms with Crippen molar-refractivity contribution in [1.82, 2.24) is 0 Å². The zero-order valence-corrected chi connectivity index (χ0v) is 14.2. The van der Waals surface area contributed by atoms with E-state index in [1.807, 2.05) is 13.0 Å². The lowest BCUT2D eigenvalue weighted by Crippen LogP contribution is -2.03. The monoisotopic (exact) mass is 356 g/mol. The molecule has 0 heterocycles. The van der Waals surface area contributed by atoms with E-state index in [9.17, 15) is 4.39 Å². The Kier molecular flexibility index (Phi) is 8.31. The molecule has 0 aliphatic rings. The van der Waals surface area contributed by atoms with Gasteiger partial charge in [0.1, 0.15) is 5.82 Å². The highest BCUT2D eigenvalue weighted by Crippen LogP contribution is 2.18. The number of methoxy groups -OCH3 is 1. The fourth-order valence-electron chi connectivity index (χ4n) is 1.86. The summed E-state index contributed by atoms with van der Waals surface area (Å²) in [6.45, 7) is 7.09. The summed E-state index contributed by atoms with van der Waals surface area (Å²) in [5.74, 6) is 0.726. The summed E-state index contributed by atoms with van der Waals surface area (Å²) in [5, 5.41) is 0. The van der Waals surface area contributed by atoms with Gasteiger partial charge in [-0.3, -0.25) is 0 Å². The summed E-state index contributed by atoms with van der Waals surface area (Å²) in [5.41, 5.74) is 2.09. The molecule has 1 rings (SSSR count). The van der Waals surface area contributed by atoms with Crippen molar-refractivity contribution >= 4 is 15.9 Å². The lowest BCUT2D eigenvalue weighted by Gasteiger charge is -2.09. The van der Waals surface area contributed by atoms with Gasteiger partial charge in [-0.25, -0.2) is 4.39 Å². The molecule has 0 bridgehead atoms. The molecule has 0 amide bonds. The molecule has 0 saturated carbocycles. The molecule has 0 saturated heterocycles.